The van der Waals surface area contributed by atoms with Crippen LogP contribution < -0.4 is 0 Å². The third-order valence-electron chi connectivity index (χ3n) is 4.15. The Labute approximate surface area is 195 Å². The van der Waals surface area contributed by atoms with E-state index >= 15 is 0 Å². The van der Waals surface area contributed by atoms with Gasteiger partial charge in [0.15, 0.2) is 0 Å². The average molecular weight is 622 g/mol. The Bertz CT molecular complexity index is 713. The molecule has 2 N–H and O–H groups in total. The van der Waals surface area contributed by atoms with Crippen molar-refractivity contribution >= 4 is 0 Å². The molecule has 0 saturated heterocycles. The molecule has 4 atom stereocenters. The second-order valence-electron chi connectivity index (χ2n) is 7.00. The van der Waals surface area contributed by atoms with E-state index < -0.39 is 86.0 Å². The van der Waals surface area contributed by atoms with Crippen molar-refractivity contribution in [1.82, 2.24) is 0 Å². The first kappa shape index (κ1) is 36.4. The van der Waals surface area contributed by atoms with Crippen LogP contribution in [-0.2, 0) is 9.47 Å². The molecule has 230 valence electrons. The zero-order valence-corrected chi connectivity index (χ0v) is 17.0. The highest BCUT2D eigenvalue weighted by Gasteiger charge is 2.77. The van der Waals surface area contributed by atoms with Crippen molar-refractivity contribution < 1.29 is 107 Å². The zero-order valence-electron chi connectivity index (χ0n) is 17.0. The van der Waals surface area contributed by atoms with Crippen molar-refractivity contribution in [2.24, 2.45) is 0 Å². The van der Waals surface area contributed by atoms with Gasteiger partial charge in [-0.3, -0.25) is 9.47 Å². The van der Waals surface area contributed by atoms with Crippen LogP contribution in [0.5, 0.6) is 0 Å². The molecule has 4 nitrogen and oxygen atoms in total. The summed E-state index contributed by atoms with van der Waals surface area (Å²) in [6, 6.07) is 0. The summed E-state index contributed by atoms with van der Waals surface area (Å²) < 4.78 is 258. The van der Waals surface area contributed by atoms with Gasteiger partial charge < -0.3 is 10.2 Å². The molecule has 0 aliphatic carbocycles. The van der Waals surface area contributed by atoms with Gasteiger partial charge in [0.25, 0.3) is 12.7 Å². The monoisotopic (exact) mass is 622 g/mol. The topological polar surface area (TPSA) is 58.9 Å². The largest absolute Gasteiger partial charge is 0.462 e. The molecule has 0 aromatic rings. The van der Waals surface area contributed by atoms with Crippen LogP contribution in [0.1, 0.15) is 12.8 Å². The molecule has 0 aliphatic rings. The number of aliphatic hydroxyl groups is 2. The maximum absolute atomic E-state index is 13.5. The molecule has 0 fully saturated rings. The van der Waals surface area contributed by atoms with E-state index in [9.17, 15) is 87.8 Å². The van der Waals surface area contributed by atoms with E-state index in [4.69, 9.17) is 10.2 Å². The Morgan fingerprint density at radius 1 is 0.447 bits per heavy atom. The van der Waals surface area contributed by atoms with Gasteiger partial charge in [-0.25, -0.2) is 8.78 Å². The average Bonchev–Trinajstić information content (AvgIpc) is 2.68. The quantitative estimate of drug-likeness (QED) is 0.249. The van der Waals surface area contributed by atoms with Crippen LogP contribution in [0.3, 0.4) is 0 Å². The molecule has 4 unspecified atom stereocenters. The SMILES string of the molecule is OC(CCC(O)C(F)(F)C(F)OC(F)(F)C(F)(F)C(F)(F)F)C(F)(F)C(F)OC(F)(F)C(F)(F)C(F)(F)F. The van der Waals surface area contributed by atoms with Gasteiger partial charge in [-0.05, 0) is 12.8 Å². The number of hydrogen-bond donors (Lipinski definition) is 2. The fourth-order valence-corrected chi connectivity index (χ4v) is 1.90. The maximum Gasteiger partial charge on any atom is 0.462 e. The molecule has 0 rings (SSSR count). The van der Waals surface area contributed by atoms with Crippen LogP contribution in [0.2, 0.25) is 0 Å². The number of alkyl halides is 20. The lowest BCUT2D eigenvalue weighted by Gasteiger charge is -2.33. The minimum atomic E-state index is -7.31. The van der Waals surface area contributed by atoms with E-state index in [2.05, 4.69) is 0 Å². The van der Waals surface area contributed by atoms with Gasteiger partial charge in [0.1, 0.15) is 12.2 Å². The number of aliphatic hydroxyl groups excluding tert-OH is 2. The lowest BCUT2D eigenvalue weighted by Crippen LogP contribution is -2.57. The van der Waals surface area contributed by atoms with Gasteiger partial charge in [0, 0.05) is 0 Å². The Morgan fingerprint density at radius 3 is 0.842 bits per heavy atom. The van der Waals surface area contributed by atoms with Crippen molar-refractivity contribution in [3.05, 3.63) is 0 Å². The van der Waals surface area contributed by atoms with E-state index in [1.165, 1.54) is 0 Å². The van der Waals surface area contributed by atoms with Gasteiger partial charge in [0.2, 0.25) is 0 Å². The standard InChI is InChI=1S/C14H10F20O4/c15-5(37-13(31,32)9(21,22)11(25,26)27)7(17,18)3(35)1-2-4(36)8(19,20)6(16)38-14(33,34)10(23,24)12(28,29)30/h3-6,35-36H,1-2H2. The van der Waals surface area contributed by atoms with Crippen molar-refractivity contribution in [1.29, 1.82) is 0 Å². The molecule has 0 aromatic carbocycles. The van der Waals surface area contributed by atoms with Crippen LogP contribution in [-0.4, -0.2) is 83.4 Å². The van der Waals surface area contributed by atoms with E-state index in [0.29, 0.717) is 0 Å². The fourth-order valence-electron chi connectivity index (χ4n) is 1.90. The molecule has 0 radical (unpaired) electrons. The Hall–Kier alpha value is -1.56. The number of rotatable bonds is 13. The summed E-state index contributed by atoms with van der Waals surface area (Å²) in [5.74, 6) is -26.6. The summed E-state index contributed by atoms with van der Waals surface area (Å²) in [7, 11) is 0. The second-order valence-corrected chi connectivity index (χ2v) is 7.00. The van der Waals surface area contributed by atoms with Crippen molar-refractivity contribution in [2.75, 3.05) is 0 Å². The van der Waals surface area contributed by atoms with Gasteiger partial charge in [-0.1, -0.05) is 0 Å². The zero-order chi connectivity index (χ0) is 31.1. The third kappa shape index (κ3) is 7.14. The maximum atomic E-state index is 13.5. The van der Waals surface area contributed by atoms with E-state index in [1.54, 1.807) is 0 Å². The molecule has 38 heavy (non-hydrogen) atoms. The predicted octanol–water partition coefficient (Wildman–Crippen LogP) is 5.96. The highest BCUT2D eigenvalue weighted by molar-refractivity contribution is 4.90. The molecule has 0 bridgehead atoms. The number of halogens is 20. The van der Waals surface area contributed by atoms with Crippen LogP contribution in [0.25, 0.3) is 0 Å². The molecule has 0 heterocycles. The smallest absolute Gasteiger partial charge is 0.387 e. The highest BCUT2D eigenvalue weighted by atomic mass is 19.4. The van der Waals surface area contributed by atoms with Crippen LogP contribution in [0.15, 0.2) is 0 Å². The minimum Gasteiger partial charge on any atom is -0.387 e. The lowest BCUT2D eigenvalue weighted by atomic mass is 10.0. The predicted molar refractivity (Wildman–Crippen MR) is 75.0 cm³/mol. The molecule has 0 saturated carbocycles. The van der Waals surface area contributed by atoms with Crippen LogP contribution in [0.4, 0.5) is 87.8 Å². The molecular formula is C14H10F20O4. The summed E-state index contributed by atoms with van der Waals surface area (Å²) in [5, 5.41) is 18.0. The Morgan fingerprint density at radius 2 is 0.658 bits per heavy atom. The van der Waals surface area contributed by atoms with Crippen LogP contribution >= 0.6 is 0 Å². The molecular weight excluding hydrogens is 612 g/mol. The first-order chi connectivity index (χ1) is 16.3. The summed E-state index contributed by atoms with van der Waals surface area (Å²) in [5.41, 5.74) is 0. The van der Waals surface area contributed by atoms with E-state index in [-0.39, 0.29) is 0 Å². The molecule has 0 aromatic heterocycles. The van der Waals surface area contributed by atoms with Crippen molar-refractivity contribution in [3.8, 4) is 0 Å². The van der Waals surface area contributed by atoms with Gasteiger partial charge in [0.05, 0.1) is 0 Å². The van der Waals surface area contributed by atoms with Crippen LogP contribution in [0, 0.1) is 0 Å². The summed E-state index contributed by atoms with van der Waals surface area (Å²) >= 11 is 0. The summed E-state index contributed by atoms with van der Waals surface area (Å²) in [4.78, 5) is 0. The summed E-state index contributed by atoms with van der Waals surface area (Å²) in [6.07, 6.45) is -51.9. The summed E-state index contributed by atoms with van der Waals surface area (Å²) in [6.45, 7) is 0. The van der Waals surface area contributed by atoms with Gasteiger partial charge in [-0.2, -0.15) is 79.0 Å². The first-order valence-corrected chi connectivity index (χ1v) is 8.71. The van der Waals surface area contributed by atoms with E-state index in [0.717, 1.165) is 0 Å². The highest BCUT2D eigenvalue weighted by Crippen LogP contribution is 2.50. The van der Waals surface area contributed by atoms with Gasteiger partial charge >= 0.3 is 48.3 Å². The number of ether oxygens (including phenoxy) is 2. The van der Waals surface area contributed by atoms with Crippen molar-refractivity contribution in [2.45, 2.75) is 86.0 Å². The Kier molecular flexibility index (Phi) is 10.3. The van der Waals surface area contributed by atoms with Gasteiger partial charge in [-0.15, -0.1) is 0 Å². The molecule has 24 heteroatoms. The third-order valence-corrected chi connectivity index (χ3v) is 4.15. The first-order valence-electron chi connectivity index (χ1n) is 8.71. The molecule has 0 amide bonds. The lowest BCUT2D eigenvalue weighted by molar-refractivity contribution is -0.453. The molecule has 0 spiro atoms. The number of hydrogen-bond acceptors (Lipinski definition) is 4. The van der Waals surface area contributed by atoms with E-state index in [1.807, 2.05) is 9.47 Å². The normalized spacial score (nSPS) is 18.8. The van der Waals surface area contributed by atoms with Crippen molar-refractivity contribution in [3.63, 3.8) is 0 Å². The Balaban J connectivity index is 5.48. The second kappa shape index (κ2) is 10.8. The minimum absolute atomic E-state index is 2.02. The molecule has 0 aliphatic heterocycles. The fraction of sp³-hybridized carbons (Fsp3) is 1.00.